The van der Waals surface area contributed by atoms with Crippen LogP contribution in [-0.2, 0) is 0 Å². The van der Waals surface area contributed by atoms with Crippen LogP contribution >= 0.6 is 12.2 Å². The number of pyridine rings is 1. The van der Waals surface area contributed by atoms with Gasteiger partial charge < -0.3 is 19.7 Å². The van der Waals surface area contributed by atoms with Crippen molar-refractivity contribution in [1.29, 1.82) is 0 Å². The van der Waals surface area contributed by atoms with E-state index in [1.165, 1.54) is 6.07 Å². The fraction of sp³-hybridized carbons (Fsp3) is 0.154. The predicted molar refractivity (Wildman–Crippen MR) is 134 cm³/mol. The normalized spacial score (nSPS) is 17.8. The molecule has 1 aliphatic heterocycles. The molecule has 166 valence electrons. The summed E-state index contributed by atoms with van der Waals surface area (Å²) in [6.07, 6.45) is 3.79. The lowest BCUT2D eigenvalue weighted by molar-refractivity contribution is 0.542. The summed E-state index contributed by atoms with van der Waals surface area (Å²) in [5.74, 6) is -0.318. The average Bonchev–Trinajstić information content (AvgIpc) is 3.44. The van der Waals surface area contributed by atoms with Gasteiger partial charge in [-0.15, -0.1) is 0 Å². The molecule has 7 heteroatoms. The quantitative estimate of drug-likeness (QED) is 0.414. The maximum Gasteiger partial charge on any atom is 0.174 e. The molecule has 5 rings (SSSR count). The highest BCUT2D eigenvalue weighted by Crippen LogP contribution is 2.42. The van der Waals surface area contributed by atoms with Gasteiger partial charge in [-0.05, 0) is 72.9 Å². The second-order valence-electron chi connectivity index (χ2n) is 8.16. The summed E-state index contributed by atoms with van der Waals surface area (Å²) in [5.41, 5.74) is 4.41. The number of hydrogen-bond acceptors (Lipinski definition) is 3. The minimum Gasteiger partial charge on any atom is -0.378 e. The van der Waals surface area contributed by atoms with Crippen LogP contribution in [0.25, 0.3) is 5.69 Å². The van der Waals surface area contributed by atoms with E-state index >= 15 is 0 Å². The Labute approximate surface area is 198 Å². The van der Waals surface area contributed by atoms with E-state index in [-0.39, 0.29) is 17.9 Å². The summed E-state index contributed by atoms with van der Waals surface area (Å²) < 4.78 is 17.1. The molecule has 0 saturated carbocycles. The molecule has 0 unspecified atom stereocenters. The van der Waals surface area contributed by atoms with Gasteiger partial charge in [0.25, 0.3) is 0 Å². The molecule has 1 fully saturated rings. The molecule has 4 aromatic rings. The lowest BCUT2D eigenvalue weighted by atomic mass is 10.0. The van der Waals surface area contributed by atoms with Gasteiger partial charge in [0.15, 0.2) is 5.11 Å². The Bertz CT molecular complexity index is 1270. The van der Waals surface area contributed by atoms with Crippen molar-refractivity contribution >= 4 is 28.7 Å². The highest BCUT2D eigenvalue weighted by Gasteiger charge is 2.42. The van der Waals surface area contributed by atoms with Crippen LogP contribution in [0, 0.1) is 5.82 Å². The number of nitrogens with one attached hydrogen (secondary N) is 1. The van der Waals surface area contributed by atoms with Crippen LogP contribution in [0.4, 0.5) is 15.8 Å². The first kappa shape index (κ1) is 21.2. The molecule has 0 radical (unpaired) electrons. The summed E-state index contributed by atoms with van der Waals surface area (Å²) in [4.78, 5) is 8.51. The Morgan fingerprint density at radius 2 is 1.70 bits per heavy atom. The molecule has 1 aliphatic rings. The Balaban J connectivity index is 1.65. The molecular weight excluding hydrogens is 433 g/mol. The second-order valence-corrected chi connectivity index (χ2v) is 8.55. The monoisotopic (exact) mass is 457 g/mol. The average molecular weight is 458 g/mol. The van der Waals surface area contributed by atoms with E-state index < -0.39 is 0 Å². The molecule has 33 heavy (non-hydrogen) atoms. The number of para-hydroxylation sites is 1. The minimum absolute atomic E-state index is 0.243. The molecule has 2 atom stereocenters. The van der Waals surface area contributed by atoms with Crippen molar-refractivity contribution in [1.82, 2.24) is 14.9 Å². The topological polar surface area (TPSA) is 36.3 Å². The third-order valence-electron chi connectivity index (χ3n) is 5.94. The molecule has 1 saturated heterocycles. The fourth-order valence-electron chi connectivity index (χ4n) is 4.34. The zero-order valence-electron chi connectivity index (χ0n) is 18.4. The van der Waals surface area contributed by atoms with Gasteiger partial charge >= 0.3 is 0 Å². The summed E-state index contributed by atoms with van der Waals surface area (Å²) in [6, 6.07) is 24.4. The summed E-state index contributed by atoms with van der Waals surface area (Å²) in [7, 11) is 4.04. The Morgan fingerprint density at radius 3 is 2.39 bits per heavy atom. The molecular formula is C26H24FN5S. The van der Waals surface area contributed by atoms with Crippen molar-refractivity contribution < 1.29 is 4.39 Å². The smallest absolute Gasteiger partial charge is 0.174 e. The van der Waals surface area contributed by atoms with Gasteiger partial charge in [0.05, 0.1) is 17.4 Å². The number of hydrogen-bond donors (Lipinski definition) is 1. The first-order valence-electron chi connectivity index (χ1n) is 10.7. The van der Waals surface area contributed by atoms with Gasteiger partial charge in [0, 0.05) is 43.6 Å². The van der Waals surface area contributed by atoms with Crippen LogP contribution in [0.1, 0.15) is 23.5 Å². The predicted octanol–water partition coefficient (Wildman–Crippen LogP) is 5.25. The third-order valence-corrected chi connectivity index (χ3v) is 6.25. The lowest BCUT2D eigenvalue weighted by Gasteiger charge is -2.29. The molecule has 0 spiro atoms. The Hall–Kier alpha value is -3.71. The van der Waals surface area contributed by atoms with Crippen molar-refractivity contribution in [3.8, 4) is 5.69 Å². The van der Waals surface area contributed by atoms with Crippen LogP contribution in [0.2, 0.25) is 0 Å². The fourth-order valence-corrected chi connectivity index (χ4v) is 4.68. The highest BCUT2D eigenvalue weighted by atomic mass is 32.1. The molecule has 3 heterocycles. The van der Waals surface area contributed by atoms with Crippen LogP contribution in [0.5, 0.6) is 0 Å². The Kier molecular flexibility index (Phi) is 5.56. The lowest BCUT2D eigenvalue weighted by Crippen LogP contribution is -2.31. The van der Waals surface area contributed by atoms with Gasteiger partial charge in [-0.3, -0.25) is 4.98 Å². The van der Waals surface area contributed by atoms with Crippen molar-refractivity contribution in [2.24, 2.45) is 0 Å². The molecule has 2 aromatic heterocycles. The first-order valence-corrected chi connectivity index (χ1v) is 11.2. The maximum atomic E-state index is 14.9. The van der Waals surface area contributed by atoms with Gasteiger partial charge in [-0.25, -0.2) is 4.39 Å². The van der Waals surface area contributed by atoms with Crippen molar-refractivity contribution in [3.63, 3.8) is 0 Å². The van der Waals surface area contributed by atoms with E-state index in [4.69, 9.17) is 12.2 Å². The zero-order chi connectivity index (χ0) is 22.9. The van der Waals surface area contributed by atoms with Crippen LogP contribution in [0.3, 0.4) is 0 Å². The highest BCUT2D eigenvalue weighted by molar-refractivity contribution is 7.80. The van der Waals surface area contributed by atoms with E-state index in [9.17, 15) is 4.39 Å². The first-order chi connectivity index (χ1) is 16.0. The number of thiocarbonyl (C=S) groups is 1. The Morgan fingerprint density at radius 1 is 0.939 bits per heavy atom. The molecule has 1 N–H and O–H groups in total. The van der Waals surface area contributed by atoms with Crippen molar-refractivity contribution in [2.75, 3.05) is 23.9 Å². The van der Waals surface area contributed by atoms with Crippen LogP contribution in [0.15, 0.2) is 91.3 Å². The van der Waals surface area contributed by atoms with E-state index in [0.29, 0.717) is 10.8 Å². The van der Waals surface area contributed by atoms with Crippen LogP contribution < -0.4 is 15.1 Å². The molecule has 0 aliphatic carbocycles. The zero-order valence-corrected chi connectivity index (χ0v) is 19.2. The standard InChI is InChI=1S/C26H24FN5S/c1-30(2)18-12-14-19(15-13-18)31-17-7-11-23(31)25-24(21-9-5-6-16-28-21)29-26(33)32(25)22-10-4-3-8-20(22)27/h3-17,24-25H,1-2H3,(H,29,33)/t24-,25+/m1/s1. The van der Waals surface area contributed by atoms with Crippen molar-refractivity contribution in [2.45, 2.75) is 12.1 Å². The summed E-state index contributed by atoms with van der Waals surface area (Å²) in [5, 5.41) is 3.86. The maximum absolute atomic E-state index is 14.9. The number of rotatable bonds is 5. The van der Waals surface area contributed by atoms with Gasteiger partial charge in [-0.2, -0.15) is 0 Å². The number of anilines is 2. The number of aromatic nitrogens is 2. The number of benzene rings is 2. The van der Waals surface area contributed by atoms with Crippen molar-refractivity contribution in [3.05, 3.63) is 108 Å². The summed E-state index contributed by atoms with van der Waals surface area (Å²) >= 11 is 5.72. The number of halogens is 1. The molecule has 0 bridgehead atoms. The largest absolute Gasteiger partial charge is 0.378 e. The van der Waals surface area contributed by atoms with Gasteiger partial charge in [0.1, 0.15) is 11.9 Å². The molecule has 0 amide bonds. The second kappa shape index (κ2) is 8.67. The van der Waals surface area contributed by atoms with Crippen LogP contribution in [-0.4, -0.2) is 28.8 Å². The van der Waals surface area contributed by atoms with Gasteiger partial charge in [-0.1, -0.05) is 18.2 Å². The SMILES string of the molecule is CN(C)c1ccc(-n2cccc2[C@H]2[C@@H](c3ccccn3)NC(=S)N2c2ccccc2F)cc1. The third kappa shape index (κ3) is 3.85. The van der Waals surface area contributed by atoms with Gasteiger partial charge in [0.2, 0.25) is 0 Å². The summed E-state index contributed by atoms with van der Waals surface area (Å²) in [6.45, 7) is 0. The molecule has 2 aromatic carbocycles. The van der Waals surface area contributed by atoms with E-state index in [0.717, 1.165) is 22.8 Å². The number of nitrogens with zero attached hydrogens (tertiary/aromatic N) is 4. The van der Waals surface area contributed by atoms with E-state index in [1.807, 2.05) is 55.5 Å². The minimum atomic E-state index is -0.318. The van der Waals surface area contributed by atoms with E-state index in [1.54, 1.807) is 18.3 Å². The van der Waals surface area contributed by atoms with E-state index in [2.05, 4.69) is 50.1 Å². The molecule has 5 nitrogen and oxygen atoms in total.